The maximum atomic E-state index is 14.6. The Balaban J connectivity index is 1.75. The van der Waals surface area contributed by atoms with Gasteiger partial charge in [-0.25, -0.2) is 18.1 Å². The van der Waals surface area contributed by atoms with Crippen molar-refractivity contribution in [3.05, 3.63) is 46.5 Å². The van der Waals surface area contributed by atoms with E-state index in [1.54, 1.807) is 0 Å². The predicted molar refractivity (Wildman–Crippen MR) is 118 cm³/mol. The smallest absolute Gasteiger partial charge is 0.410 e. The summed E-state index contributed by atoms with van der Waals surface area (Å²) in [5, 5.41) is 15.9. The number of halogens is 8. The summed E-state index contributed by atoms with van der Waals surface area (Å²) in [6, 6.07) is 4.20. The second-order valence-corrected chi connectivity index (χ2v) is 9.27. The largest absolute Gasteiger partial charge is 0.430 e. The number of ether oxygens (including phenoxy) is 1. The predicted octanol–water partition coefficient (Wildman–Crippen LogP) is 6.29. The molecule has 2 aromatic heterocycles. The Morgan fingerprint density at radius 3 is 2.47 bits per heavy atom. The first-order valence-electron chi connectivity index (χ1n) is 10.9. The van der Waals surface area contributed by atoms with Crippen molar-refractivity contribution in [2.45, 2.75) is 44.6 Å². The van der Waals surface area contributed by atoms with Crippen LogP contribution in [-0.4, -0.2) is 37.6 Å². The lowest BCUT2D eigenvalue weighted by Gasteiger charge is -2.18. The SMILES string of the molecule is CC(F)C(F)(F)Oc1nn(C)c(-n2cc(-c3cc(F)c(Cl)c(C(=O)CC4(C#N)CC4)c3)cn2)c1C(F)(F)F. The van der Waals surface area contributed by atoms with E-state index in [1.165, 1.54) is 6.07 Å². The summed E-state index contributed by atoms with van der Waals surface area (Å²) in [5.74, 6) is -4.00. The number of carbonyl (C=O) groups is 1. The average molecular weight is 564 g/mol. The van der Waals surface area contributed by atoms with Gasteiger partial charge in [0.1, 0.15) is 5.82 Å². The maximum absolute atomic E-state index is 14.6. The van der Waals surface area contributed by atoms with Gasteiger partial charge >= 0.3 is 12.3 Å². The molecule has 0 radical (unpaired) electrons. The zero-order valence-corrected chi connectivity index (χ0v) is 20.3. The van der Waals surface area contributed by atoms with E-state index in [0.29, 0.717) is 29.1 Å². The molecule has 0 N–H and O–H groups in total. The number of hydrogen-bond acceptors (Lipinski definition) is 5. The van der Waals surface area contributed by atoms with Crippen molar-refractivity contribution in [1.29, 1.82) is 5.26 Å². The van der Waals surface area contributed by atoms with Crippen molar-refractivity contribution in [3.63, 3.8) is 0 Å². The number of aromatic nitrogens is 4. The molecule has 1 unspecified atom stereocenters. The molecule has 3 aromatic rings. The molecule has 0 spiro atoms. The number of ketones is 1. The van der Waals surface area contributed by atoms with Gasteiger partial charge in [0.15, 0.2) is 17.2 Å². The van der Waals surface area contributed by atoms with Crippen LogP contribution in [0.3, 0.4) is 0 Å². The summed E-state index contributed by atoms with van der Waals surface area (Å²) in [6.07, 6.45) is -9.92. The second kappa shape index (κ2) is 9.30. The van der Waals surface area contributed by atoms with E-state index in [1.807, 2.05) is 0 Å². The Hall–Kier alpha value is -3.60. The van der Waals surface area contributed by atoms with Crippen LogP contribution in [0.1, 0.15) is 42.1 Å². The fourth-order valence-corrected chi connectivity index (χ4v) is 3.93. The van der Waals surface area contributed by atoms with Crippen LogP contribution < -0.4 is 4.74 Å². The summed E-state index contributed by atoms with van der Waals surface area (Å²) in [7, 11) is 0.997. The van der Waals surface area contributed by atoms with Crippen LogP contribution in [0, 0.1) is 22.6 Å². The molecule has 1 aromatic carbocycles. The molecule has 7 nitrogen and oxygen atoms in total. The molecule has 4 rings (SSSR count). The highest BCUT2D eigenvalue weighted by atomic mass is 35.5. The van der Waals surface area contributed by atoms with Crippen LogP contribution in [0.2, 0.25) is 5.02 Å². The first-order chi connectivity index (χ1) is 17.6. The van der Waals surface area contributed by atoms with Gasteiger partial charge in [0.25, 0.3) is 5.88 Å². The van der Waals surface area contributed by atoms with Crippen LogP contribution >= 0.6 is 11.6 Å². The third kappa shape index (κ3) is 5.07. The first kappa shape index (κ1) is 27.4. The molecule has 2 heterocycles. The molecule has 0 aliphatic heterocycles. The molecule has 0 amide bonds. The zero-order chi connectivity index (χ0) is 28.2. The number of carbonyl (C=O) groups excluding carboxylic acids is 1. The topological polar surface area (TPSA) is 85.7 Å². The third-order valence-electron chi connectivity index (χ3n) is 6.02. The first-order valence-corrected chi connectivity index (χ1v) is 11.3. The van der Waals surface area contributed by atoms with E-state index in [2.05, 4.69) is 21.0 Å². The van der Waals surface area contributed by atoms with Gasteiger partial charge in [0, 0.05) is 30.8 Å². The molecule has 38 heavy (non-hydrogen) atoms. The van der Waals surface area contributed by atoms with E-state index in [9.17, 15) is 40.8 Å². The Bertz CT molecular complexity index is 1450. The van der Waals surface area contributed by atoms with E-state index < -0.39 is 57.8 Å². The highest BCUT2D eigenvalue weighted by Crippen LogP contribution is 2.49. The number of Topliss-reactive ketones (excluding diaryl/α,β-unsaturated/α-hetero) is 1. The lowest BCUT2D eigenvalue weighted by atomic mass is 9.95. The number of nitrogens with zero attached hydrogens (tertiary/aromatic N) is 5. The molecule has 1 atom stereocenters. The van der Waals surface area contributed by atoms with E-state index in [4.69, 9.17) is 11.6 Å². The highest BCUT2D eigenvalue weighted by molar-refractivity contribution is 6.34. The molecule has 1 fully saturated rings. The van der Waals surface area contributed by atoms with Crippen LogP contribution in [0.5, 0.6) is 5.88 Å². The van der Waals surface area contributed by atoms with Gasteiger partial charge in [-0.2, -0.15) is 32.3 Å². The minimum Gasteiger partial charge on any atom is -0.410 e. The van der Waals surface area contributed by atoms with E-state index >= 15 is 0 Å². The van der Waals surface area contributed by atoms with Crippen LogP contribution in [0.4, 0.5) is 30.7 Å². The Morgan fingerprint density at radius 1 is 1.26 bits per heavy atom. The number of nitriles is 1. The number of alkyl halides is 6. The summed E-state index contributed by atoms with van der Waals surface area (Å²) in [6.45, 7) is 0.409. The highest BCUT2D eigenvalue weighted by Gasteiger charge is 2.48. The molecule has 0 saturated heterocycles. The Morgan fingerprint density at radius 2 is 1.92 bits per heavy atom. The molecule has 0 bridgehead atoms. The molecule has 202 valence electrons. The maximum Gasteiger partial charge on any atom is 0.430 e. The third-order valence-corrected chi connectivity index (χ3v) is 6.40. The quantitative estimate of drug-likeness (QED) is 0.237. The van der Waals surface area contributed by atoms with E-state index in [0.717, 1.165) is 25.5 Å². The van der Waals surface area contributed by atoms with Gasteiger partial charge in [0.05, 0.1) is 22.7 Å². The van der Waals surface area contributed by atoms with Crippen molar-refractivity contribution >= 4 is 17.4 Å². The fraction of sp³-hybridized carbons (Fsp3) is 0.391. The van der Waals surface area contributed by atoms with Crippen molar-refractivity contribution in [2.75, 3.05) is 0 Å². The lowest BCUT2D eigenvalue weighted by molar-refractivity contribution is -0.220. The van der Waals surface area contributed by atoms with Gasteiger partial charge in [-0.15, -0.1) is 5.10 Å². The number of aryl methyl sites for hydroxylation is 1. The number of rotatable bonds is 8. The lowest BCUT2D eigenvalue weighted by Crippen LogP contribution is -2.35. The molecular weight excluding hydrogens is 547 g/mol. The molecule has 1 aliphatic carbocycles. The fourth-order valence-electron chi connectivity index (χ4n) is 3.71. The van der Waals surface area contributed by atoms with Gasteiger partial charge in [0.2, 0.25) is 6.17 Å². The van der Waals surface area contributed by atoms with Crippen molar-refractivity contribution in [1.82, 2.24) is 19.6 Å². The van der Waals surface area contributed by atoms with Gasteiger partial charge < -0.3 is 4.74 Å². The standard InChI is InChI=1S/C23H17ClF7N5O2/c1-11(25)23(30,31)38-19-17(22(27,28)29)20(35(2)34-19)36-9-13(8-33-36)12-5-14(18(24)15(26)6-12)16(37)7-21(10-32)3-4-21/h5-6,8-9,11H,3-4,7H2,1-2H3. The van der Waals surface area contributed by atoms with Crippen LogP contribution in [-0.2, 0) is 13.2 Å². The van der Waals surface area contributed by atoms with Gasteiger partial charge in [-0.05, 0) is 37.5 Å². The van der Waals surface area contributed by atoms with Crippen molar-refractivity contribution < 1.29 is 40.3 Å². The van der Waals surface area contributed by atoms with Crippen molar-refractivity contribution in [3.8, 4) is 28.9 Å². The normalized spacial score (nSPS) is 15.7. The summed E-state index contributed by atoms with van der Waals surface area (Å²) in [5.41, 5.74) is -2.74. The zero-order valence-electron chi connectivity index (χ0n) is 19.6. The minimum atomic E-state index is -5.27. The molecule has 15 heteroatoms. The van der Waals surface area contributed by atoms with Gasteiger partial charge in [-0.3, -0.25) is 4.79 Å². The molecule has 1 saturated carbocycles. The minimum absolute atomic E-state index is 0.0216. The summed E-state index contributed by atoms with van der Waals surface area (Å²) >= 11 is 5.97. The average Bonchev–Trinajstić information content (AvgIpc) is 3.26. The second-order valence-electron chi connectivity index (χ2n) is 8.89. The van der Waals surface area contributed by atoms with Crippen molar-refractivity contribution in [2.24, 2.45) is 12.5 Å². The molecular formula is C23H17ClF7N5O2. The summed E-state index contributed by atoms with van der Waals surface area (Å²) < 4.78 is 102. The summed E-state index contributed by atoms with van der Waals surface area (Å²) in [4.78, 5) is 12.7. The number of benzene rings is 1. The molecule has 1 aliphatic rings. The Labute approximate surface area is 215 Å². The van der Waals surface area contributed by atoms with Crippen LogP contribution in [0.15, 0.2) is 24.5 Å². The van der Waals surface area contributed by atoms with Gasteiger partial charge in [-0.1, -0.05) is 11.6 Å². The monoisotopic (exact) mass is 563 g/mol. The number of hydrogen-bond donors (Lipinski definition) is 0. The van der Waals surface area contributed by atoms with E-state index in [-0.39, 0.29) is 23.1 Å². The Kier molecular flexibility index (Phi) is 6.71. The van der Waals surface area contributed by atoms with Crippen LogP contribution in [0.25, 0.3) is 16.9 Å².